The van der Waals surface area contributed by atoms with E-state index in [-0.39, 0.29) is 23.8 Å². The first kappa shape index (κ1) is 16.7. The lowest BCUT2D eigenvalue weighted by Crippen LogP contribution is -2.54. The number of hydrogen-bond donors (Lipinski definition) is 3. The van der Waals surface area contributed by atoms with Gasteiger partial charge in [0, 0.05) is 6.04 Å². The quantitative estimate of drug-likeness (QED) is 0.571. The third-order valence-electron chi connectivity index (χ3n) is 3.09. The number of thioether (sulfide) groups is 1. The summed E-state index contributed by atoms with van der Waals surface area (Å²) in [6, 6.07) is -0.763. The van der Waals surface area contributed by atoms with Crippen LogP contribution in [-0.4, -0.2) is 55.4 Å². The third kappa shape index (κ3) is 5.68. The van der Waals surface area contributed by atoms with Crippen molar-refractivity contribution < 1.29 is 18.3 Å². The van der Waals surface area contributed by atoms with Crippen LogP contribution in [0.25, 0.3) is 0 Å². The maximum atomic E-state index is 12.0. The Morgan fingerprint density at radius 3 is 2.58 bits per heavy atom. The van der Waals surface area contributed by atoms with E-state index in [1.54, 1.807) is 11.8 Å². The second kappa shape index (κ2) is 7.47. The van der Waals surface area contributed by atoms with Gasteiger partial charge in [-0.1, -0.05) is 0 Å². The van der Waals surface area contributed by atoms with Gasteiger partial charge >= 0.3 is 0 Å². The zero-order chi connectivity index (χ0) is 14.5. The molecule has 6 nitrogen and oxygen atoms in total. The third-order valence-corrected chi connectivity index (χ3v) is 5.14. The normalized spacial score (nSPS) is 24.6. The van der Waals surface area contributed by atoms with Gasteiger partial charge in [0.15, 0.2) is 0 Å². The van der Waals surface area contributed by atoms with E-state index >= 15 is 0 Å². The molecule has 0 heterocycles. The van der Waals surface area contributed by atoms with E-state index in [9.17, 15) is 13.2 Å². The highest BCUT2D eigenvalue weighted by molar-refractivity contribution is 7.98. The van der Waals surface area contributed by atoms with Gasteiger partial charge in [0.2, 0.25) is 15.9 Å². The van der Waals surface area contributed by atoms with Crippen LogP contribution in [0.5, 0.6) is 0 Å². The fourth-order valence-electron chi connectivity index (χ4n) is 1.79. The summed E-state index contributed by atoms with van der Waals surface area (Å²) in [4.78, 5) is 12.0. The van der Waals surface area contributed by atoms with Crippen molar-refractivity contribution >= 4 is 27.7 Å². The summed E-state index contributed by atoms with van der Waals surface area (Å²) in [5, 5.41) is 11.9. The largest absolute Gasteiger partial charge is 0.393 e. The average Bonchev–Trinajstić information content (AvgIpc) is 2.32. The minimum absolute atomic E-state index is 0.0367. The van der Waals surface area contributed by atoms with Crippen molar-refractivity contribution in [2.24, 2.45) is 0 Å². The molecule has 1 saturated carbocycles. The lowest BCUT2D eigenvalue weighted by molar-refractivity contribution is -0.124. The predicted molar refractivity (Wildman–Crippen MR) is 76.6 cm³/mol. The Morgan fingerprint density at radius 1 is 1.47 bits per heavy atom. The lowest BCUT2D eigenvalue weighted by Gasteiger charge is -2.33. The van der Waals surface area contributed by atoms with Gasteiger partial charge in [-0.15, -0.1) is 0 Å². The molecule has 0 radical (unpaired) electrons. The molecule has 0 saturated heterocycles. The summed E-state index contributed by atoms with van der Waals surface area (Å²) < 4.78 is 25.5. The summed E-state index contributed by atoms with van der Waals surface area (Å²) in [5.74, 6) is 0.360. The van der Waals surface area contributed by atoms with Gasteiger partial charge in [0.1, 0.15) is 6.04 Å². The van der Waals surface area contributed by atoms with E-state index in [4.69, 9.17) is 5.11 Å². The van der Waals surface area contributed by atoms with Crippen LogP contribution in [0.15, 0.2) is 0 Å². The number of hydrogen-bond acceptors (Lipinski definition) is 5. The van der Waals surface area contributed by atoms with Gasteiger partial charge in [0.05, 0.1) is 11.9 Å². The molecule has 3 N–H and O–H groups in total. The summed E-state index contributed by atoms with van der Waals surface area (Å²) >= 11 is 1.57. The summed E-state index contributed by atoms with van der Waals surface area (Å²) in [7, 11) is -3.40. The summed E-state index contributed by atoms with van der Waals surface area (Å²) in [5.41, 5.74) is 0. The molecule has 0 spiro atoms. The highest BCUT2D eigenvalue weighted by Gasteiger charge is 2.31. The molecule has 19 heavy (non-hydrogen) atoms. The van der Waals surface area contributed by atoms with Crippen LogP contribution in [-0.2, 0) is 14.8 Å². The first-order valence-electron chi connectivity index (χ1n) is 6.35. The van der Waals surface area contributed by atoms with Gasteiger partial charge in [0.25, 0.3) is 0 Å². The van der Waals surface area contributed by atoms with Crippen molar-refractivity contribution in [2.45, 2.75) is 44.4 Å². The molecule has 0 aromatic heterocycles. The minimum Gasteiger partial charge on any atom is -0.393 e. The Kier molecular flexibility index (Phi) is 6.58. The Hall–Kier alpha value is -0.310. The molecule has 1 amide bonds. The van der Waals surface area contributed by atoms with Crippen molar-refractivity contribution in [3.63, 3.8) is 0 Å². The lowest BCUT2D eigenvalue weighted by atomic mass is 9.89. The van der Waals surface area contributed by atoms with E-state index in [0.717, 1.165) is 0 Å². The topological polar surface area (TPSA) is 95.5 Å². The second-order valence-electron chi connectivity index (χ2n) is 4.69. The van der Waals surface area contributed by atoms with Gasteiger partial charge in [-0.05, 0) is 38.2 Å². The number of sulfonamides is 1. The van der Waals surface area contributed by atoms with E-state index in [2.05, 4.69) is 10.0 Å². The SMILES string of the molecule is CCS(=O)(=O)NC(CCSC)C(=O)NC1CC(O)C1. The van der Waals surface area contributed by atoms with Crippen molar-refractivity contribution in [1.82, 2.24) is 10.0 Å². The number of nitrogens with one attached hydrogen (secondary N) is 2. The fourth-order valence-corrected chi connectivity index (χ4v) is 3.08. The summed E-state index contributed by atoms with van der Waals surface area (Å²) in [6.07, 6.45) is 3.11. The van der Waals surface area contributed by atoms with E-state index in [1.165, 1.54) is 6.92 Å². The Balaban J connectivity index is 2.54. The number of rotatable bonds is 8. The summed E-state index contributed by atoms with van der Waals surface area (Å²) in [6.45, 7) is 1.54. The number of aliphatic hydroxyl groups is 1. The zero-order valence-corrected chi connectivity index (χ0v) is 12.9. The first-order valence-corrected chi connectivity index (χ1v) is 9.40. The highest BCUT2D eigenvalue weighted by atomic mass is 32.2. The standard InChI is InChI=1S/C11H22N2O4S2/c1-3-19(16,17)13-10(4-5-18-2)11(15)12-8-6-9(14)7-8/h8-10,13-14H,3-7H2,1-2H3,(H,12,15). The Labute approximate surface area is 118 Å². The maximum Gasteiger partial charge on any atom is 0.238 e. The Morgan fingerprint density at radius 2 is 2.11 bits per heavy atom. The average molecular weight is 310 g/mol. The van der Waals surface area contributed by atoms with Crippen LogP contribution in [0.2, 0.25) is 0 Å². The number of carbonyl (C=O) groups excluding carboxylic acids is 1. The molecule has 0 aromatic carbocycles. The van der Waals surface area contributed by atoms with Gasteiger partial charge in [-0.3, -0.25) is 4.79 Å². The molecule has 1 fully saturated rings. The first-order chi connectivity index (χ1) is 8.88. The minimum atomic E-state index is -3.40. The molecule has 8 heteroatoms. The second-order valence-corrected chi connectivity index (χ2v) is 7.71. The fraction of sp³-hybridized carbons (Fsp3) is 0.909. The molecule has 1 rings (SSSR count). The van der Waals surface area contributed by atoms with Crippen molar-refractivity contribution in [2.75, 3.05) is 17.8 Å². The van der Waals surface area contributed by atoms with Crippen molar-refractivity contribution in [3.05, 3.63) is 0 Å². The molecular weight excluding hydrogens is 288 g/mol. The molecular formula is C11H22N2O4S2. The molecule has 112 valence electrons. The molecule has 0 bridgehead atoms. The van der Waals surface area contributed by atoms with E-state index in [0.29, 0.717) is 25.0 Å². The van der Waals surface area contributed by atoms with Crippen LogP contribution in [0, 0.1) is 0 Å². The molecule has 1 atom stereocenters. The Bertz CT molecular complexity index is 393. The van der Waals surface area contributed by atoms with E-state index < -0.39 is 16.1 Å². The predicted octanol–water partition coefficient (Wildman–Crippen LogP) is -0.313. The molecule has 0 aromatic rings. The van der Waals surface area contributed by atoms with E-state index in [1.807, 2.05) is 6.26 Å². The smallest absolute Gasteiger partial charge is 0.238 e. The van der Waals surface area contributed by atoms with Gasteiger partial charge in [-0.2, -0.15) is 11.8 Å². The number of carbonyl (C=O) groups is 1. The van der Waals surface area contributed by atoms with Crippen LogP contribution in [0.1, 0.15) is 26.2 Å². The number of aliphatic hydroxyl groups excluding tert-OH is 1. The van der Waals surface area contributed by atoms with Crippen LogP contribution in [0.3, 0.4) is 0 Å². The van der Waals surface area contributed by atoms with Gasteiger partial charge < -0.3 is 10.4 Å². The van der Waals surface area contributed by atoms with Gasteiger partial charge in [-0.25, -0.2) is 13.1 Å². The van der Waals surface area contributed by atoms with Crippen LogP contribution >= 0.6 is 11.8 Å². The molecule has 1 aliphatic rings. The molecule has 1 unspecified atom stereocenters. The van der Waals surface area contributed by atoms with Crippen LogP contribution < -0.4 is 10.0 Å². The monoisotopic (exact) mass is 310 g/mol. The maximum absolute atomic E-state index is 12.0. The molecule has 1 aliphatic carbocycles. The van der Waals surface area contributed by atoms with Crippen LogP contribution in [0.4, 0.5) is 0 Å². The van der Waals surface area contributed by atoms with Crippen molar-refractivity contribution in [1.29, 1.82) is 0 Å². The van der Waals surface area contributed by atoms with Crippen molar-refractivity contribution in [3.8, 4) is 0 Å². The zero-order valence-electron chi connectivity index (χ0n) is 11.3. The highest BCUT2D eigenvalue weighted by Crippen LogP contribution is 2.19. The number of amides is 1. The molecule has 0 aliphatic heterocycles.